The van der Waals surface area contributed by atoms with Crippen molar-refractivity contribution in [1.29, 1.82) is 0 Å². The SMILES string of the molecule is COc1cc(C)nc(NC2CCOC2C)n1. The summed E-state index contributed by atoms with van der Waals surface area (Å²) in [4.78, 5) is 8.57. The highest BCUT2D eigenvalue weighted by Gasteiger charge is 2.24. The number of anilines is 1. The van der Waals surface area contributed by atoms with E-state index < -0.39 is 0 Å². The number of nitrogens with one attached hydrogen (secondary N) is 1. The predicted octanol–water partition coefficient (Wildman–Crippen LogP) is 1.38. The topological polar surface area (TPSA) is 56.3 Å². The van der Waals surface area contributed by atoms with Crippen LogP contribution in [0.5, 0.6) is 5.88 Å². The number of hydrogen-bond donors (Lipinski definition) is 1. The molecular weight excluding hydrogens is 206 g/mol. The Kier molecular flexibility index (Phi) is 3.24. The summed E-state index contributed by atoms with van der Waals surface area (Å²) in [5, 5.41) is 3.28. The van der Waals surface area contributed by atoms with E-state index in [-0.39, 0.29) is 12.1 Å². The third kappa shape index (κ3) is 2.41. The molecule has 2 heterocycles. The van der Waals surface area contributed by atoms with Gasteiger partial charge in [0.15, 0.2) is 0 Å². The van der Waals surface area contributed by atoms with E-state index in [1.807, 2.05) is 6.92 Å². The van der Waals surface area contributed by atoms with Crippen LogP contribution < -0.4 is 10.1 Å². The first-order valence-electron chi connectivity index (χ1n) is 5.47. The Bertz CT molecular complexity index is 370. The maximum absolute atomic E-state index is 5.48. The second-order valence-corrected chi connectivity index (χ2v) is 3.99. The van der Waals surface area contributed by atoms with Crippen molar-refractivity contribution < 1.29 is 9.47 Å². The van der Waals surface area contributed by atoms with Crippen LogP contribution in [0, 0.1) is 6.92 Å². The van der Waals surface area contributed by atoms with E-state index in [9.17, 15) is 0 Å². The number of methoxy groups -OCH3 is 1. The Labute approximate surface area is 95.2 Å². The van der Waals surface area contributed by atoms with Crippen molar-refractivity contribution in [3.05, 3.63) is 11.8 Å². The Morgan fingerprint density at radius 1 is 1.50 bits per heavy atom. The fourth-order valence-corrected chi connectivity index (χ4v) is 1.80. The molecule has 0 radical (unpaired) electrons. The molecule has 1 saturated heterocycles. The maximum Gasteiger partial charge on any atom is 0.226 e. The Morgan fingerprint density at radius 3 is 2.94 bits per heavy atom. The molecule has 0 amide bonds. The van der Waals surface area contributed by atoms with Gasteiger partial charge in [-0.1, -0.05) is 0 Å². The van der Waals surface area contributed by atoms with Crippen molar-refractivity contribution in [2.75, 3.05) is 19.0 Å². The summed E-state index contributed by atoms with van der Waals surface area (Å²) in [6.45, 7) is 4.77. The van der Waals surface area contributed by atoms with Gasteiger partial charge in [-0.2, -0.15) is 4.98 Å². The molecule has 5 nitrogen and oxygen atoms in total. The minimum atomic E-state index is 0.204. The van der Waals surface area contributed by atoms with Crippen LogP contribution in [0.3, 0.4) is 0 Å². The van der Waals surface area contributed by atoms with Crippen LogP contribution in [0.2, 0.25) is 0 Å². The van der Waals surface area contributed by atoms with Gasteiger partial charge in [0.05, 0.1) is 19.3 Å². The van der Waals surface area contributed by atoms with E-state index in [2.05, 4.69) is 22.2 Å². The Balaban J connectivity index is 2.11. The van der Waals surface area contributed by atoms with Crippen LogP contribution in [0.4, 0.5) is 5.95 Å². The largest absolute Gasteiger partial charge is 0.481 e. The minimum Gasteiger partial charge on any atom is -0.481 e. The van der Waals surface area contributed by atoms with Gasteiger partial charge in [-0.05, 0) is 20.3 Å². The van der Waals surface area contributed by atoms with E-state index in [4.69, 9.17) is 9.47 Å². The highest BCUT2D eigenvalue weighted by molar-refractivity contribution is 5.32. The molecule has 1 aliphatic heterocycles. The second-order valence-electron chi connectivity index (χ2n) is 3.99. The third-order valence-corrected chi connectivity index (χ3v) is 2.73. The van der Waals surface area contributed by atoms with Gasteiger partial charge in [0, 0.05) is 18.4 Å². The van der Waals surface area contributed by atoms with Gasteiger partial charge < -0.3 is 14.8 Å². The number of ether oxygens (including phenoxy) is 2. The number of aryl methyl sites for hydroxylation is 1. The van der Waals surface area contributed by atoms with Crippen LogP contribution >= 0.6 is 0 Å². The van der Waals surface area contributed by atoms with Gasteiger partial charge in [0.1, 0.15) is 0 Å². The van der Waals surface area contributed by atoms with E-state index >= 15 is 0 Å². The van der Waals surface area contributed by atoms with Crippen molar-refractivity contribution >= 4 is 5.95 Å². The van der Waals surface area contributed by atoms with Gasteiger partial charge in [0.25, 0.3) is 0 Å². The van der Waals surface area contributed by atoms with Crippen LogP contribution in [-0.2, 0) is 4.74 Å². The molecule has 0 aromatic carbocycles. The quantitative estimate of drug-likeness (QED) is 0.839. The normalized spacial score (nSPS) is 24.4. The molecule has 0 bridgehead atoms. The predicted molar refractivity (Wildman–Crippen MR) is 60.8 cm³/mol. The van der Waals surface area contributed by atoms with E-state index in [0.717, 1.165) is 18.7 Å². The van der Waals surface area contributed by atoms with Gasteiger partial charge in [-0.3, -0.25) is 0 Å². The van der Waals surface area contributed by atoms with Crippen LogP contribution in [0.1, 0.15) is 19.0 Å². The van der Waals surface area contributed by atoms with Gasteiger partial charge in [0.2, 0.25) is 11.8 Å². The van der Waals surface area contributed by atoms with Crippen LogP contribution in [-0.4, -0.2) is 35.8 Å². The fraction of sp³-hybridized carbons (Fsp3) is 0.636. The van der Waals surface area contributed by atoms with Crippen molar-refractivity contribution in [3.8, 4) is 5.88 Å². The lowest BCUT2D eigenvalue weighted by Crippen LogP contribution is -2.27. The fourth-order valence-electron chi connectivity index (χ4n) is 1.80. The average Bonchev–Trinajstić information content (AvgIpc) is 2.63. The number of rotatable bonds is 3. The number of nitrogens with zero attached hydrogens (tertiary/aromatic N) is 2. The molecule has 2 rings (SSSR count). The first-order valence-corrected chi connectivity index (χ1v) is 5.47. The Morgan fingerprint density at radius 2 is 2.31 bits per heavy atom. The standard InChI is InChI=1S/C11H17N3O2/c1-7-6-10(15-3)14-11(12-7)13-9-4-5-16-8(9)2/h6,8-9H,4-5H2,1-3H3,(H,12,13,14). The summed E-state index contributed by atoms with van der Waals surface area (Å²) in [6.07, 6.45) is 1.19. The lowest BCUT2D eigenvalue weighted by atomic mass is 10.2. The maximum atomic E-state index is 5.48. The zero-order chi connectivity index (χ0) is 11.5. The first kappa shape index (κ1) is 11.1. The lowest BCUT2D eigenvalue weighted by Gasteiger charge is -2.16. The van der Waals surface area contributed by atoms with E-state index in [1.54, 1.807) is 13.2 Å². The molecule has 1 aromatic heterocycles. The van der Waals surface area contributed by atoms with Gasteiger partial charge in [-0.15, -0.1) is 0 Å². The summed E-state index contributed by atoms with van der Waals surface area (Å²) in [6, 6.07) is 2.09. The molecule has 1 aliphatic rings. The van der Waals surface area contributed by atoms with E-state index in [1.165, 1.54) is 0 Å². The molecule has 88 valence electrons. The van der Waals surface area contributed by atoms with Gasteiger partial charge >= 0.3 is 0 Å². The monoisotopic (exact) mass is 223 g/mol. The smallest absolute Gasteiger partial charge is 0.226 e. The molecule has 0 aliphatic carbocycles. The molecule has 5 heteroatoms. The van der Waals surface area contributed by atoms with Crippen molar-refractivity contribution in [2.45, 2.75) is 32.4 Å². The molecular formula is C11H17N3O2. The van der Waals surface area contributed by atoms with Crippen molar-refractivity contribution in [1.82, 2.24) is 9.97 Å². The molecule has 1 fully saturated rings. The Hall–Kier alpha value is -1.36. The molecule has 2 atom stereocenters. The summed E-state index contributed by atoms with van der Waals surface area (Å²) < 4.78 is 10.6. The molecule has 1 aromatic rings. The molecule has 0 saturated carbocycles. The van der Waals surface area contributed by atoms with Crippen molar-refractivity contribution in [2.24, 2.45) is 0 Å². The average molecular weight is 223 g/mol. The summed E-state index contributed by atoms with van der Waals surface area (Å²) in [7, 11) is 1.60. The second kappa shape index (κ2) is 4.65. The van der Waals surface area contributed by atoms with Crippen LogP contribution in [0.15, 0.2) is 6.07 Å². The molecule has 0 spiro atoms. The summed E-state index contributed by atoms with van der Waals surface area (Å²) in [5.41, 5.74) is 0.890. The third-order valence-electron chi connectivity index (χ3n) is 2.73. The van der Waals surface area contributed by atoms with Crippen molar-refractivity contribution in [3.63, 3.8) is 0 Å². The molecule has 2 unspecified atom stereocenters. The van der Waals surface area contributed by atoms with E-state index in [0.29, 0.717) is 11.8 Å². The highest BCUT2D eigenvalue weighted by Crippen LogP contribution is 2.18. The zero-order valence-electron chi connectivity index (χ0n) is 9.86. The van der Waals surface area contributed by atoms with Gasteiger partial charge in [-0.25, -0.2) is 4.98 Å². The summed E-state index contributed by atoms with van der Waals surface area (Å²) >= 11 is 0. The minimum absolute atomic E-state index is 0.204. The lowest BCUT2D eigenvalue weighted by molar-refractivity contribution is 0.121. The summed E-state index contributed by atoms with van der Waals surface area (Å²) in [5.74, 6) is 1.20. The van der Waals surface area contributed by atoms with Crippen LogP contribution in [0.25, 0.3) is 0 Å². The number of hydrogen-bond acceptors (Lipinski definition) is 5. The zero-order valence-corrected chi connectivity index (χ0v) is 9.86. The molecule has 16 heavy (non-hydrogen) atoms. The molecule has 1 N–H and O–H groups in total. The first-order chi connectivity index (χ1) is 7.69. The number of aromatic nitrogens is 2. The highest BCUT2D eigenvalue weighted by atomic mass is 16.5.